The van der Waals surface area contributed by atoms with Gasteiger partial charge in [-0.2, -0.15) is 0 Å². The predicted molar refractivity (Wildman–Crippen MR) is 91.7 cm³/mol. The molecular formula is C18H23N3O4. The molecule has 0 aromatic carbocycles. The monoisotopic (exact) mass is 345 g/mol. The molecule has 25 heavy (non-hydrogen) atoms. The lowest BCUT2D eigenvalue weighted by Gasteiger charge is -2.29. The molecule has 0 aliphatic heterocycles. The van der Waals surface area contributed by atoms with Crippen LogP contribution in [-0.2, 0) is 16.1 Å². The Morgan fingerprint density at radius 3 is 2.92 bits per heavy atom. The van der Waals surface area contributed by atoms with Gasteiger partial charge in [-0.15, -0.1) is 0 Å². The van der Waals surface area contributed by atoms with Gasteiger partial charge >= 0.3 is 12.0 Å². The highest BCUT2D eigenvalue weighted by Gasteiger charge is 2.32. The molecule has 0 aliphatic carbocycles. The molecule has 0 radical (unpaired) electrons. The molecule has 1 unspecified atom stereocenters. The van der Waals surface area contributed by atoms with Crippen LogP contribution >= 0.6 is 0 Å². The molecule has 2 rings (SSSR count). The Hall–Kier alpha value is -2.83. The first-order valence-electron chi connectivity index (χ1n) is 8.26. The minimum absolute atomic E-state index is 0.174. The Morgan fingerprint density at radius 2 is 2.32 bits per heavy atom. The summed E-state index contributed by atoms with van der Waals surface area (Å²) in [5.74, 6) is 0.163. The van der Waals surface area contributed by atoms with Crippen molar-refractivity contribution in [2.45, 2.75) is 39.3 Å². The molecule has 2 aromatic rings. The number of carbonyl (C=O) groups excluding carboxylic acids is 2. The Bertz CT molecular complexity index is 677. The van der Waals surface area contributed by atoms with E-state index in [9.17, 15) is 9.59 Å². The fourth-order valence-electron chi connectivity index (χ4n) is 2.40. The number of hydrogen-bond donors (Lipinski definition) is 0. The summed E-state index contributed by atoms with van der Waals surface area (Å²) < 4.78 is 12.0. The number of carbonyl (C=O) groups is 2. The van der Waals surface area contributed by atoms with Crippen LogP contribution in [0.2, 0.25) is 0 Å². The van der Waals surface area contributed by atoms with E-state index in [1.807, 2.05) is 13.8 Å². The van der Waals surface area contributed by atoms with Gasteiger partial charge in [-0.1, -0.05) is 25.5 Å². The van der Waals surface area contributed by atoms with E-state index in [-0.39, 0.29) is 19.2 Å². The van der Waals surface area contributed by atoms with Crippen molar-refractivity contribution in [3.63, 3.8) is 0 Å². The summed E-state index contributed by atoms with van der Waals surface area (Å²) in [6, 6.07) is 2.46. The molecule has 0 N–H and O–H groups in total. The van der Waals surface area contributed by atoms with Gasteiger partial charge in [0.1, 0.15) is 24.7 Å². The number of hydrogen-bond acceptors (Lipinski definition) is 5. The number of rotatable bonds is 8. The van der Waals surface area contributed by atoms with Gasteiger partial charge < -0.3 is 14.1 Å². The Balaban J connectivity index is 2.25. The van der Waals surface area contributed by atoms with E-state index in [0.717, 1.165) is 6.42 Å². The van der Waals surface area contributed by atoms with Crippen molar-refractivity contribution >= 4 is 12.0 Å². The quantitative estimate of drug-likeness (QED) is 0.542. The molecule has 0 bridgehead atoms. The maximum absolute atomic E-state index is 12.9. The van der Waals surface area contributed by atoms with Crippen molar-refractivity contribution in [1.82, 2.24) is 14.5 Å². The van der Waals surface area contributed by atoms with Crippen LogP contribution in [0, 0.1) is 0 Å². The third-order valence-corrected chi connectivity index (χ3v) is 3.65. The summed E-state index contributed by atoms with van der Waals surface area (Å²) in [4.78, 5) is 30.8. The largest absolute Gasteiger partial charge is 0.467 e. The Labute approximate surface area is 146 Å². The first kappa shape index (κ1) is 18.5. The van der Waals surface area contributed by atoms with Crippen molar-refractivity contribution < 1.29 is 18.7 Å². The highest BCUT2D eigenvalue weighted by atomic mass is 16.5. The number of ether oxygens (including phenoxy) is 1. The molecule has 0 saturated heterocycles. The Kier molecular flexibility index (Phi) is 7.00. The number of furan rings is 1. The van der Waals surface area contributed by atoms with Crippen LogP contribution in [0.25, 0.3) is 0 Å². The third-order valence-electron chi connectivity index (χ3n) is 3.65. The van der Waals surface area contributed by atoms with E-state index in [4.69, 9.17) is 9.15 Å². The van der Waals surface area contributed by atoms with Crippen LogP contribution in [0.4, 0.5) is 4.79 Å². The fraction of sp³-hybridized carbons (Fsp3) is 0.389. The van der Waals surface area contributed by atoms with E-state index < -0.39 is 12.0 Å². The third kappa shape index (κ3) is 5.07. The van der Waals surface area contributed by atoms with Crippen molar-refractivity contribution in [2.75, 3.05) is 6.61 Å². The van der Waals surface area contributed by atoms with Gasteiger partial charge in [0.15, 0.2) is 0 Å². The number of allylic oxidation sites excluding steroid dienone is 1. The highest BCUT2D eigenvalue weighted by Crippen LogP contribution is 2.16. The Morgan fingerprint density at radius 1 is 1.48 bits per heavy atom. The van der Waals surface area contributed by atoms with Gasteiger partial charge in [0.25, 0.3) is 0 Å². The van der Waals surface area contributed by atoms with Crippen LogP contribution in [0.15, 0.2) is 53.7 Å². The molecule has 1 amide bonds. The van der Waals surface area contributed by atoms with Crippen molar-refractivity contribution in [3.05, 3.63) is 55.0 Å². The van der Waals surface area contributed by atoms with Crippen LogP contribution in [0.3, 0.4) is 0 Å². The minimum Gasteiger partial charge on any atom is -0.467 e. The second kappa shape index (κ2) is 9.46. The van der Waals surface area contributed by atoms with Gasteiger partial charge in [0.2, 0.25) is 0 Å². The summed E-state index contributed by atoms with van der Waals surface area (Å²) in [7, 11) is 0. The molecule has 0 saturated carbocycles. The van der Waals surface area contributed by atoms with Gasteiger partial charge in [0, 0.05) is 12.4 Å². The second-order valence-electron chi connectivity index (χ2n) is 5.46. The lowest BCUT2D eigenvalue weighted by Crippen LogP contribution is -2.46. The summed E-state index contributed by atoms with van der Waals surface area (Å²) in [6.07, 6.45) is 10.8. The van der Waals surface area contributed by atoms with Crippen LogP contribution in [-0.4, -0.2) is 39.1 Å². The van der Waals surface area contributed by atoms with Crippen LogP contribution in [0.5, 0.6) is 0 Å². The van der Waals surface area contributed by atoms with Crippen molar-refractivity contribution in [2.24, 2.45) is 0 Å². The highest BCUT2D eigenvalue weighted by molar-refractivity contribution is 5.84. The maximum atomic E-state index is 12.9. The first-order chi connectivity index (χ1) is 12.2. The molecule has 1 atom stereocenters. The molecule has 0 spiro atoms. The first-order valence-corrected chi connectivity index (χ1v) is 8.26. The second-order valence-corrected chi connectivity index (χ2v) is 5.46. The normalized spacial score (nSPS) is 12.2. The molecule has 7 nitrogen and oxygen atoms in total. The molecule has 0 fully saturated rings. The van der Waals surface area contributed by atoms with Gasteiger partial charge in [-0.05, 0) is 25.5 Å². The van der Waals surface area contributed by atoms with E-state index in [0.29, 0.717) is 12.2 Å². The maximum Gasteiger partial charge on any atom is 0.330 e. The summed E-state index contributed by atoms with van der Waals surface area (Å²) in [5.41, 5.74) is 0. The molecular weight excluding hydrogens is 322 g/mol. The van der Waals surface area contributed by atoms with Crippen LogP contribution < -0.4 is 0 Å². The lowest BCUT2D eigenvalue weighted by atomic mass is 10.1. The lowest BCUT2D eigenvalue weighted by molar-refractivity contribution is -0.148. The number of esters is 1. The molecule has 7 heteroatoms. The average Bonchev–Trinajstić information content (AvgIpc) is 3.31. The van der Waals surface area contributed by atoms with E-state index in [1.54, 1.807) is 30.5 Å². The SMILES string of the molecule is C/C=C/COC(=O)C(CCC)N(Cc1ccco1)C(=O)n1ccnc1. The van der Waals surface area contributed by atoms with Gasteiger partial charge in [-0.3, -0.25) is 4.57 Å². The molecule has 2 aromatic heterocycles. The zero-order chi connectivity index (χ0) is 18.1. The molecule has 0 aliphatic rings. The van der Waals surface area contributed by atoms with Crippen molar-refractivity contribution in [3.8, 4) is 0 Å². The standard InChI is InChI=1S/C18H23N3O4/c1-3-5-11-25-17(22)16(7-4-2)21(13-15-8-6-12-24-15)18(23)20-10-9-19-14-20/h3,5-6,8-10,12,14,16H,4,7,11,13H2,1-2H3/b5-3+. The average molecular weight is 345 g/mol. The van der Waals surface area contributed by atoms with E-state index >= 15 is 0 Å². The minimum atomic E-state index is -0.699. The predicted octanol–water partition coefficient (Wildman–Crippen LogP) is 3.23. The smallest absolute Gasteiger partial charge is 0.330 e. The fourth-order valence-corrected chi connectivity index (χ4v) is 2.40. The summed E-state index contributed by atoms with van der Waals surface area (Å²) in [5, 5.41) is 0. The van der Waals surface area contributed by atoms with Gasteiger partial charge in [0.05, 0.1) is 12.8 Å². The molecule has 134 valence electrons. The van der Waals surface area contributed by atoms with Gasteiger partial charge in [-0.25, -0.2) is 14.6 Å². The number of aromatic nitrogens is 2. The topological polar surface area (TPSA) is 77.6 Å². The van der Waals surface area contributed by atoms with E-state index in [1.165, 1.54) is 28.3 Å². The number of amides is 1. The summed E-state index contributed by atoms with van der Waals surface area (Å²) >= 11 is 0. The van der Waals surface area contributed by atoms with Crippen LogP contribution in [0.1, 0.15) is 32.4 Å². The van der Waals surface area contributed by atoms with E-state index in [2.05, 4.69) is 4.98 Å². The summed E-state index contributed by atoms with van der Waals surface area (Å²) in [6.45, 7) is 4.17. The zero-order valence-corrected chi connectivity index (χ0v) is 14.5. The van der Waals surface area contributed by atoms with Crippen molar-refractivity contribution in [1.29, 1.82) is 0 Å². The number of nitrogens with zero attached hydrogens (tertiary/aromatic N) is 3. The number of imidazole rings is 1. The zero-order valence-electron chi connectivity index (χ0n) is 14.5. The molecule has 2 heterocycles.